The van der Waals surface area contributed by atoms with Gasteiger partial charge in [0.1, 0.15) is 5.82 Å². The van der Waals surface area contributed by atoms with Gasteiger partial charge in [0.05, 0.1) is 11.8 Å². The second-order valence-electron chi connectivity index (χ2n) is 8.29. The first-order valence-corrected chi connectivity index (χ1v) is 10.0. The van der Waals surface area contributed by atoms with Gasteiger partial charge in [-0.3, -0.25) is 14.4 Å². The zero-order chi connectivity index (χ0) is 19.8. The Balaban J connectivity index is 1.41. The van der Waals surface area contributed by atoms with Gasteiger partial charge >= 0.3 is 5.97 Å². The molecule has 1 aromatic carbocycles. The molecule has 3 fully saturated rings. The van der Waals surface area contributed by atoms with E-state index in [1.807, 2.05) is 0 Å². The number of piperidine rings is 1. The van der Waals surface area contributed by atoms with E-state index >= 15 is 0 Å². The smallest absolute Gasteiger partial charge is 0.308 e. The third kappa shape index (κ3) is 3.75. The van der Waals surface area contributed by atoms with E-state index in [-0.39, 0.29) is 30.2 Å². The molecular formula is C21H25FN2O4. The number of hydrogen-bond acceptors (Lipinski definition) is 3. The number of nitrogens with zero attached hydrogens (tertiary/aromatic N) is 2. The summed E-state index contributed by atoms with van der Waals surface area (Å²) < 4.78 is 13.1. The molecule has 2 amide bonds. The fourth-order valence-corrected chi connectivity index (χ4v) is 4.67. The fraction of sp³-hybridized carbons (Fsp3) is 0.571. The largest absolute Gasteiger partial charge is 0.481 e. The van der Waals surface area contributed by atoms with Crippen LogP contribution in [0.5, 0.6) is 0 Å². The highest BCUT2D eigenvalue weighted by Crippen LogP contribution is 2.44. The average Bonchev–Trinajstić information content (AvgIpc) is 3.45. The molecule has 7 heteroatoms. The van der Waals surface area contributed by atoms with Crippen molar-refractivity contribution >= 4 is 17.8 Å². The van der Waals surface area contributed by atoms with E-state index in [2.05, 4.69) is 0 Å². The molecule has 1 N–H and O–H groups in total. The molecule has 2 aliphatic heterocycles. The van der Waals surface area contributed by atoms with E-state index in [0.29, 0.717) is 37.5 Å². The second-order valence-corrected chi connectivity index (χ2v) is 8.29. The summed E-state index contributed by atoms with van der Waals surface area (Å²) in [5.74, 6) is -1.73. The lowest BCUT2D eigenvalue weighted by Crippen LogP contribution is -2.46. The average molecular weight is 388 g/mol. The Labute approximate surface area is 163 Å². The number of amides is 2. The van der Waals surface area contributed by atoms with Crippen LogP contribution in [0.4, 0.5) is 4.39 Å². The summed E-state index contributed by atoms with van der Waals surface area (Å²) >= 11 is 0. The lowest BCUT2D eigenvalue weighted by Gasteiger charge is -2.34. The summed E-state index contributed by atoms with van der Waals surface area (Å²) in [6.45, 7) is 1.69. The Morgan fingerprint density at radius 3 is 2.32 bits per heavy atom. The summed E-state index contributed by atoms with van der Waals surface area (Å²) in [5, 5.41) is 9.51. The molecule has 1 aliphatic carbocycles. The van der Waals surface area contributed by atoms with Gasteiger partial charge in [-0.15, -0.1) is 0 Å². The van der Waals surface area contributed by atoms with Crippen molar-refractivity contribution in [3.05, 3.63) is 35.6 Å². The fourth-order valence-electron chi connectivity index (χ4n) is 4.67. The highest BCUT2D eigenvalue weighted by atomic mass is 19.1. The minimum atomic E-state index is -0.816. The summed E-state index contributed by atoms with van der Waals surface area (Å²) in [7, 11) is 0. The monoisotopic (exact) mass is 388 g/mol. The van der Waals surface area contributed by atoms with Crippen molar-refractivity contribution < 1.29 is 23.9 Å². The number of halogens is 1. The van der Waals surface area contributed by atoms with Crippen LogP contribution in [0, 0.1) is 29.5 Å². The molecule has 1 unspecified atom stereocenters. The number of benzene rings is 1. The Morgan fingerprint density at radius 2 is 1.68 bits per heavy atom. The van der Waals surface area contributed by atoms with Crippen LogP contribution in [0.25, 0.3) is 0 Å². The number of carboxylic acid groups (broad SMARTS) is 1. The van der Waals surface area contributed by atoms with Crippen molar-refractivity contribution in [3.8, 4) is 0 Å². The van der Waals surface area contributed by atoms with Crippen molar-refractivity contribution in [2.75, 3.05) is 26.2 Å². The number of likely N-dealkylation sites (tertiary alicyclic amines) is 2. The molecule has 4 rings (SSSR count). The molecule has 150 valence electrons. The van der Waals surface area contributed by atoms with Crippen LogP contribution in [0.15, 0.2) is 24.3 Å². The Bertz CT molecular complexity index is 777. The summed E-state index contributed by atoms with van der Waals surface area (Å²) in [6.07, 6.45) is 3.54. The number of rotatable bonds is 4. The first-order valence-electron chi connectivity index (χ1n) is 10.0. The van der Waals surface area contributed by atoms with E-state index in [1.165, 1.54) is 24.3 Å². The minimum Gasteiger partial charge on any atom is -0.481 e. The zero-order valence-electron chi connectivity index (χ0n) is 15.7. The summed E-state index contributed by atoms with van der Waals surface area (Å²) in [4.78, 5) is 40.7. The topological polar surface area (TPSA) is 77.9 Å². The van der Waals surface area contributed by atoms with Gasteiger partial charge in [-0.1, -0.05) is 0 Å². The second kappa shape index (κ2) is 7.53. The zero-order valence-corrected chi connectivity index (χ0v) is 15.7. The molecule has 1 aromatic rings. The van der Waals surface area contributed by atoms with Gasteiger partial charge in [-0.2, -0.15) is 0 Å². The third-order valence-corrected chi connectivity index (χ3v) is 6.37. The minimum absolute atomic E-state index is 0.0361. The molecule has 0 aromatic heterocycles. The van der Waals surface area contributed by atoms with Crippen molar-refractivity contribution in [1.29, 1.82) is 0 Å². The quantitative estimate of drug-likeness (QED) is 0.858. The first-order chi connectivity index (χ1) is 13.4. The van der Waals surface area contributed by atoms with Gasteiger partial charge in [-0.05, 0) is 61.8 Å². The van der Waals surface area contributed by atoms with Gasteiger partial charge in [0.15, 0.2) is 0 Å². The molecule has 0 spiro atoms. The molecule has 0 radical (unpaired) electrons. The number of carbonyl (C=O) groups is 3. The molecule has 0 bridgehead atoms. The molecule has 2 heterocycles. The van der Waals surface area contributed by atoms with Crippen molar-refractivity contribution in [3.63, 3.8) is 0 Å². The maximum Gasteiger partial charge on any atom is 0.308 e. The normalized spacial score (nSPS) is 27.7. The van der Waals surface area contributed by atoms with E-state index in [0.717, 1.165) is 19.3 Å². The van der Waals surface area contributed by atoms with E-state index in [4.69, 9.17) is 0 Å². The lowest BCUT2D eigenvalue weighted by molar-refractivity contribution is -0.143. The molecule has 28 heavy (non-hydrogen) atoms. The van der Waals surface area contributed by atoms with E-state index in [1.54, 1.807) is 9.80 Å². The molecular weight excluding hydrogens is 363 g/mol. The van der Waals surface area contributed by atoms with Crippen molar-refractivity contribution in [2.24, 2.45) is 23.7 Å². The van der Waals surface area contributed by atoms with Crippen LogP contribution in [0.1, 0.15) is 36.0 Å². The van der Waals surface area contributed by atoms with E-state index < -0.39 is 17.7 Å². The van der Waals surface area contributed by atoms with Crippen LogP contribution in [-0.4, -0.2) is 58.9 Å². The Kier molecular flexibility index (Phi) is 5.08. The number of carboxylic acids is 1. The summed E-state index contributed by atoms with van der Waals surface area (Å²) in [5.41, 5.74) is 0.412. The number of hydrogen-bond donors (Lipinski definition) is 1. The van der Waals surface area contributed by atoms with Crippen molar-refractivity contribution in [1.82, 2.24) is 9.80 Å². The van der Waals surface area contributed by atoms with Gasteiger partial charge in [0.25, 0.3) is 5.91 Å². The van der Waals surface area contributed by atoms with Gasteiger partial charge in [-0.25, -0.2) is 4.39 Å². The third-order valence-electron chi connectivity index (χ3n) is 6.37. The van der Waals surface area contributed by atoms with Crippen LogP contribution < -0.4 is 0 Å². The maximum atomic E-state index is 13.1. The van der Waals surface area contributed by atoms with Crippen LogP contribution >= 0.6 is 0 Å². The number of aliphatic carboxylic acids is 1. The van der Waals surface area contributed by atoms with Gasteiger partial charge in [0.2, 0.25) is 5.91 Å². The summed E-state index contributed by atoms with van der Waals surface area (Å²) in [6, 6.07) is 5.44. The number of carbonyl (C=O) groups excluding carboxylic acids is 2. The van der Waals surface area contributed by atoms with Crippen LogP contribution in [0.3, 0.4) is 0 Å². The van der Waals surface area contributed by atoms with E-state index in [9.17, 15) is 23.9 Å². The first kappa shape index (κ1) is 18.9. The standard InChI is InChI=1S/C21H25FN2O4/c22-16-7-5-14(6-8-16)19(25)23-9-1-2-15(10-23)20(26)24-11-17(13-3-4-13)18(12-24)21(27)28/h5-8,13,15,17-18H,1-4,9-12H2,(H,27,28)/t15?,17-,18+/m1/s1. The SMILES string of the molecule is O=C(O)[C@H]1CN(C(=O)C2CCCN(C(=O)c3ccc(F)cc3)C2)C[C@@H]1C1CC1. The Hall–Kier alpha value is -2.44. The highest BCUT2D eigenvalue weighted by molar-refractivity contribution is 5.94. The molecule has 2 saturated heterocycles. The molecule has 1 saturated carbocycles. The van der Waals surface area contributed by atoms with Gasteiger partial charge in [0, 0.05) is 31.7 Å². The van der Waals surface area contributed by atoms with Gasteiger partial charge < -0.3 is 14.9 Å². The predicted molar refractivity (Wildman–Crippen MR) is 98.9 cm³/mol. The Morgan fingerprint density at radius 1 is 0.964 bits per heavy atom. The van der Waals surface area contributed by atoms with Crippen LogP contribution in [0.2, 0.25) is 0 Å². The highest BCUT2D eigenvalue weighted by Gasteiger charge is 2.47. The molecule has 3 aliphatic rings. The lowest BCUT2D eigenvalue weighted by atomic mass is 9.92. The van der Waals surface area contributed by atoms with Crippen LogP contribution in [-0.2, 0) is 9.59 Å². The predicted octanol–water partition coefficient (Wildman–Crippen LogP) is 2.25. The molecule has 3 atom stereocenters. The van der Waals surface area contributed by atoms with Crippen molar-refractivity contribution in [2.45, 2.75) is 25.7 Å². The molecule has 6 nitrogen and oxygen atoms in total. The maximum absolute atomic E-state index is 13.1.